The van der Waals surface area contributed by atoms with Gasteiger partial charge >= 0.3 is 7.54 Å². The van der Waals surface area contributed by atoms with Crippen molar-refractivity contribution >= 4 is 62.1 Å². The molecule has 8 rings (SSSR count). The summed E-state index contributed by atoms with van der Waals surface area (Å²) in [6, 6.07) is 34.5. The molecule has 1 aliphatic heterocycles. The zero-order valence-electron chi connectivity index (χ0n) is 28.7. The van der Waals surface area contributed by atoms with E-state index in [9.17, 15) is 30.5 Å². The number of rotatable bonds is 6. The predicted molar refractivity (Wildman–Crippen MR) is 210 cm³/mol. The van der Waals surface area contributed by atoms with E-state index < -0.39 is 41.7 Å². The summed E-state index contributed by atoms with van der Waals surface area (Å²) in [5, 5.41) is 0. The molecule has 290 valence electrons. The molecule has 6 aromatic carbocycles. The van der Waals surface area contributed by atoms with Crippen LogP contribution in [-0.4, -0.2) is 17.5 Å². The lowest BCUT2D eigenvalue weighted by molar-refractivity contribution is -0.0000166. The fraction of sp³-hybridized carbons (Fsp3) is 0. The summed E-state index contributed by atoms with van der Waals surface area (Å²) in [5.74, 6) is -1.09. The first-order chi connectivity index (χ1) is 26.9. The van der Waals surface area contributed by atoms with E-state index in [-0.39, 0.29) is 4.70 Å². The Balaban J connectivity index is 0.000000213. The number of ether oxygens (including phenoxy) is 2. The summed E-state index contributed by atoms with van der Waals surface area (Å²) in [6.45, 7) is 0. The second kappa shape index (κ2) is 20.0. The van der Waals surface area contributed by atoms with Crippen molar-refractivity contribution in [3.8, 4) is 34.3 Å². The van der Waals surface area contributed by atoms with Gasteiger partial charge < -0.3 is 14.2 Å². The topological polar surface area (TPSA) is 44.2 Å². The first kappa shape index (κ1) is 43.3. The van der Waals surface area contributed by atoms with Gasteiger partial charge in [-0.05, 0) is 109 Å². The zero-order chi connectivity index (χ0) is 39.8. The molecule has 1 aromatic heterocycles. The molecule has 2 heterocycles. The van der Waals surface area contributed by atoms with E-state index in [4.69, 9.17) is 9.47 Å². The Hall–Kier alpha value is -4.84. The number of fused-ring (bicyclic) bond motifs is 2. The first-order valence-corrected chi connectivity index (χ1v) is 19.7. The molecule has 0 aliphatic carbocycles. The molecule has 4 nitrogen and oxygen atoms in total. The third-order valence-corrected chi connectivity index (χ3v) is 12.2. The van der Waals surface area contributed by atoms with Crippen LogP contribution in [-0.2, 0) is 10.9 Å². The lowest BCUT2D eigenvalue weighted by atomic mass is 10.1. The Morgan fingerprint density at radius 3 is 1.33 bits per heavy atom. The Labute approximate surface area is 345 Å². The average Bonchev–Trinajstić information content (AvgIpc) is 3.18. The second-order valence-electron chi connectivity index (χ2n) is 11.3. The molecule has 0 spiro atoms. The van der Waals surface area contributed by atoms with Crippen molar-refractivity contribution < 1.29 is 44.7 Å². The van der Waals surface area contributed by atoms with Crippen molar-refractivity contribution in [2.75, 3.05) is 0 Å². The molecule has 0 fully saturated rings. The molecule has 7 aromatic rings. The number of nitrogens with zero attached hydrogens (tertiary/aromatic N) is 2. The quantitative estimate of drug-likeness (QED) is 0.0944. The summed E-state index contributed by atoms with van der Waals surface area (Å²) in [7, 11) is -4.62. The van der Waals surface area contributed by atoms with Gasteiger partial charge in [0.2, 0.25) is 0 Å². The first-order valence-electron chi connectivity index (χ1n) is 16.1. The van der Waals surface area contributed by atoms with Gasteiger partial charge in [0.15, 0.2) is 38.0 Å². The van der Waals surface area contributed by atoms with Gasteiger partial charge in [-0.2, -0.15) is 0 Å². The fourth-order valence-corrected chi connectivity index (χ4v) is 9.33. The fourth-order valence-electron chi connectivity index (χ4n) is 5.05. The van der Waals surface area contributed by atoms with Crippen molar-refractivity contribution in [2.24, 2.45) is 0 Å². The number of hydrogen-bond donors (Lipinski definition) is 0. The summed E-state index contributed by atoms with van der Waals surface area (Å²) in [6.07, 6.45) is 5.08. The van der Waals surface area contributed by atoms with E-state index in [0.717, 1.165) is 72.6 Å². The molecule has 57 heavy (non-hydrogen) atoms. The molecule has 1 aliphatic rings. The van der Waals surface area contributed by atoms with Gasteiger partial charge in [0.1, 0.15) is 33.9 Å². The minimum atomic E-state index is -3.67. The Kier molecular flexibility index (Phi) is 15.2. The highest BCUT2D eigenvalue weighted by Crippen LogP contribution is 2.49. The second-order valence-corrected chi connectivity index (χ2v) is 16.2. The van der Waals surface area contributed by atoms with Crippen LogP contribution in [0.15, 0.2) is 173 Å². The van der Waals surface area contributed by atoms with Crippen LogP contribution >= 0.6 is 43.6 Å². The standard InChI is InChI=1S/C24H12BrF4OS2.C16H11BrN2O.BF3.FH/c25-13-1-3-14(4-2-13)30-15-5-7-16(8-6-15)32-23-11-19(28)17(26)9-21(23)31-22-10-18(27)20(29)12-24(22)32;17-13-3-7-15(8-4-13)20-14-5-1-12(2-6-14)16-11-18-9-10-19-16;2-1(3)4;/h1-12H;1-11H;;1H/q+1;;;/p-1. The van der Waals surface area contributed by atoms with Crippen LogP contribution in [0.3, 0.4) is 0 Å². The Morgan fingerprint density at radius 1 is 0.544 bits per heavy atom. The van der Waals surface area contributed by atoms with Crippen molar-refractivity contribution in [2.45, 2.75) is 24.5 Å². The maximum absolute atomic E-state index is 14.1. The van der Waals surface area contributed by atoms with Gasteiger partial charge in [0.05, 0.1) is 21.7 Å². The maximum atomic E-state index is 14.1. The minimum absolute atomic E-state index is 0. The molecule has 17 heteroatoms. The summed E-state index contributed by atoms with van der Waals surface area (Å²) in [4.78, 5) is 11.1. The van der Waals surface area contributed by atoms with E-state index >= 15 is 0 Å². The molecule has 0 bridgehead atoms. The normalized spacial score (nSPS) is 11.3. The lowest BCUT2D eigenvalue weighted by Gasteiger charge is -2.19. The SMILES string of the molecule is Brc1ccc(Oc2ccc(-c3cnccn3)cc2)cc1.FB(F)F.Fc1cc2c(cc1F)[S+](c1ccc(Oc3ccc(Br)cc3)cc1)c1cc(F)c(F)cc1S2.[F-]. The minimum Gasteiger partial charge on any atom is -1.00 e. The van der Waals surface area contributed by atoms with Crippen LogP contribution in [0.4, 0.5) is 30.5 Å². The van der Waals surface area contributed by atoms with Crippen LogP contribution in [0.5, 0.6) is 23.0 Å². The number of benzene rings is 6. The van der Waals surface area contributed by atoms with Crippen LogP contribution in [0.1, 0.15) is 0 Å². The lowest BCUT2D eigenvalue weighted by Crippen LogP contribution is -3.00. The summed E-state index contributed by atoms with van der Waals surface area (Å²) < 4.78 is 98.6. The molecule has 0 amide bonds. The van der Waals surface area contributed by atoms with Gasteiger partial charge in [-0.3, -0.25) is 22.9 Å². The van der Waals surface area contributed by atoms with Crippen LogP contribution < -0.4 is 14.2 Å². The molecule has 0 atom stereocenters. The number of hydrogen-bond acceptors (Lipinski definition) is 5. The summed E-state index contributed by atoms with van der Waals surface area (Å²) in [5.41, 5.74) is 1.86. The third-order valence-electron chi connectivity index (χ3n) is 7.50. The molecule has 0 saturated heterocycles. The highest BCUT2D eigenvalue weighted by Gasteiger charge is 2.40. The molecular weight excluding hydrogens is 927 g/mol. The molecular formula is C40H23BBr2F8N2O2S2. The van der Waals surface area contributed by atoms with Crippen molar-refractivity contribution in [3.05, 3.63) is 172 Å². The van der Waals surface area contributed by atoms with Crippen LogP contribution in [0.25, 0.3) is 11.3 Å². The molecule has 0 saturated carbocycles. The third kappa shape index (κ3) is 11.6. The Morgan fingerprint density at radius 2 is 0.930 bits per heavy atom. The van der Waals surface area contributed by atoms with Gasteiger partial charge in [-0.1, -0.05) is 43.6 Å². The predicted octanol–water partition coefficient (Wildman–Crippen LogP) is 10.9. The highest BCUT2D eigenvalue weighted by atomic mass is 79.9. The van der Waals surface area contributed by atoms with E-state index in [2.05, 4.69) is 41.8 Å². The Bertz CT molecular complexity index is 2350. The smallest absolute Gasteiger partial charge is 0.762 e. The van der Waals surface area contributed by atoms with Gasteiger partial charge in [-0.25, -0.2) is 17.6 Å². The largest absolute Gasteiger partial charge is 1.00 e. The van der Waals surface area contributed by atoms with Crippen LogP contribution in [0.2, 0.25) is 0 Å². The molecule has 0 unspecified atom stereocenters. The number of aromatic nitrogens is 2. The molecule has 0 N–H and O–H groups in total. The maximum Gasteiger partial charge on any atom is 0.762 e. The molecule has 0 radical (unpaired) electrons. The van der Waals surface area contributed by atoms with Crippen LogP contribution in [0, 0.1) is 23.3 Å². The monoisotopic (exact) mass is 948 g/mol. The van der Waals surface area contributed by atoms with Crippen molar-refractivity contribution in [3.63, 3.8) is 0 Å². The van der Waals surface area contributed by atoms with E-state index in [1.54, 1.807) is 42.9 Å². The van der Waals surface area contributed by atoms with Gasteiger partial charge in [0, 0.05) is 39.0 Å². The van der Waals surface area contributed by atoms with Crippen molar-refractivity contribution in [1.82, 2.24) is 9.97 Å². The van der Waals surface area contributed by atoms with Gasteiger partial charge in [0.25, 0.3) is 0 Å². The van der Waals surface area contributed by atoms with Crippen molar-refractivity contribution in [1.29, 1.82) is 0 Å². The van der Waals surface area contributed by atoms with Gasteiger partial charge in [-0.15, -0.1) is 0 Å². The average molecular weight is 950 g/mol. The number of halogens is 10. The van der Waals surface area contributed by atoms with E-state index in [1.807, 2.05) is 72.8 Å². The van der Waals surface area contributed by atoms with E-state index in [0.29, 0.717) is 31.1 Å². The van der Waals surface area contributed by atoms with E-state index in [1.165, 1.54) is 0 Å². The summed E-state index contributed by atoms with van der Waals surface area (Å²) >= 11 is 7.87. The highest BCUT2D eigenvalue weighted by molar-refractivity contribution is 9.10. The zero-order valence-corrected chi connectivity index (χ0v) is 33.5.